The molecule has 0 bridgehead atoms. The van der Waals surface area contributed by atoms with Crippen LogP contribution in [0, 0.1) is 0 Å². The molecule has 1 rings (SSSR count). The largest absolute Gasteiger partial charge is 0.478 e. The van der Waals surface area contributed by atoms with E-state index in [0.717, 1.165) is 5.25 Å². The second-order valence-electron chi connectivity index (χ2n) is 4.19. The maximum atomic E-state index is 10.6. The Hall–Kier alpha value is -0.480. The van der Waals surface area contributed by atoms with Crippen molar-refractivity contribution in [3.8, 4) is 0 Å². The van der Waals surface area contributed by atoms with E-state index in [9.17, 15) is 4.79 Å². The fourth-order valence-corrected chi connectivity index (χ4v) is 3.12. The second-order valence-corrected chi connectivity index (χ2v) is 5.77. The van der Waals surface area contributed by atoms with Gasteiger partial charge >= 0.3 is 5.97 Å². The monoisotopic (exact) mass is 243 g/mol. The highest BCUT2D eigenvalue weighted by atomic mass is 32.2. The van der Waals surface area contributed by atoms with Crippen molar-refractivity contribution >= 4 is 17.7 Å². The first-order chi connectivity index (χ1) is 7.63. The first kappa shape index (κ1) is 13.6. The molecule has 1 saturated carbocycles. The third kappa shape index (κ3) is 4.58. The van der Waals surface area contributed by atoms with Crippen molar-refractivity contribution in [2.75, 3.05) is 12.3 Å². The van der Waals surface area contributed by atoms with Crippen molar-refractivity contribution in [1.29, 1.82) is 0 Å². The number of nitrogens with one attached hydrogen (secondary N) is 1. The lowest BCUT2D eigenvalue weighted by Crippen LogP contribution is -2.27. The Balaban J connectivity index is 2.20. The third-order valence-corrected chi connectivity index (χ3v) is 4.17. The zero-order valence-electron chi connectivity index (χ0n) is 10.0. The van der Waals surface area contributed by atoms with Gasteiger partial charge in [-0.25, -0.2) is 4.79 Å². The lowest BCUT2D eigenvalue weighted by Gasteiger charge is -2.11. The Morgan fingerprint density at radius 3 is 2.94 bits per heavy atom. The molecule has 1 aliphatic rings. The van der Waals surface area contributed by atoms with Crippen LogP contribution >= 0.6 is 11.8 Å². The Labute approximate surface area is 102 Å². The standard InChI is InChI=1S/C12H21NO2S/c1-3-16-11-5-4-10(8-11)13-7-6-9(2)12(14)15/h6,10-11,13H,3-5,7-8H2,1-2H3,(H,14,15)/b9-6-. The van der Waals surface area contributed by atoms with Gasteiger partial charge in [0.15, 0.2) is 0 Å². The number of hydrogen-bond donors (Lipinski definition) is 2. The van der Waals surface area contributed by atoms with Crippen LogP contribution in [0.4, 0.5) is 0 Å². The van der Waals surface area contributed by atoms with Crippen LogP contribution in [0.2, 0.25) is 0 Å². The normalized spacial score (nSPS) is 26.0. The summed E-state index contributed by atoms with van der Waals surface area (Å²) in [5.74, 6) is 0.364. The van der Waals surface area contributed by atoms with Gasteiger partial charge in [0.05, 0.1) is 0 Å². The van der Waals surface area contributed by atoms with E-state index >= 15 is 0 Å². The third-order valence-electron chi connectivity index (χ3n) is 2.94. The zero-order chi connectivity index (χ0) is 12.0. The molecular formula is C12H21NO2S. The van der Waals surface area contributed by atoms with E-state index < -0.39 is 5.97 Å². The van der Waals surface area contributed by atoms with Crippen LogP contribution in [0.15, 0.2) is 11.6 Å². The molecule has 0 spiro atoms. The van der Waals surface area contributed by atoms with E-state index in [1.807, 2.05) is 11.8 Å². The van der Waals surface area contributed by atoms with Crippen molar-refractivity contribution < 1.29 is 9.90 Å². The van der Waals surface area contributed by atoms with Crippen molar-refractivity contribution in [2.24, 2.45) is 0 Å². The summed E-state index contributed by atoms with van der Waals surface area (Å²) < 4.78 is 0. The topological polar surface area (TPSA) is 49.3 Å². The summed E-state index contributed by atoms with van der Waals surface area (Å²) in [4.78, 5) is 10.6. The first-order valence-corrected chi connectivity index (χ1v) is 6.93. The Morgan fingerprint density at radius 1 is 1.56 bits per heavy atom. The van der Waals surface area contributed by atoms with Gasteiger partial charge in [0.1, 0.15) is 0 Å². The Kier molecular flexibility index (Phi) is 5.91. The lowest BCUT2D eigenvalue weighted by atomic mass is 10.2. The molecule has 0 aromatic heterocycles. The van der Waals surface area contributed by atoms with Crippen LogP contribution in [-0.2, 0) is 4.79 Å². The van der Waals surface area contributed by atoms with Gasteiger partial charge < -0.3 is 10.4 Å². The van der Waals surface area contributed by atoms with Gasteiger partial charge in [0.25, 0.3) is 0 Å². The van der Waals surface area contributed by atoms with Gasteiger partial charge in [-0.1, -0.05) is 13.0 Å². The van der Waals surface area contributed by atoms with E-state index in [1.165, 1.54) is 25.0 Å². The summed E-state index contributed by atoms with van der Waals surface area (Å²) >= 11 is 2.04. The van der Waals surface area contributed by atoms with Crippen molar-refractivity contribution in [2.45, 2.75) is 44.4 Å². The maximum Gasteiger partial charge on any atom is 0.330 e. The maximum absolute atomic E-state index is 10.6. The molecule has 0 heterocycles. The van der Waals surface area contributed by atoms with Crippen LogP contribution in [0.1, 0.15) is 33.1 Å². The Morgan fingerprint density at radius 2 is 2.31 bits per heavy atom. The molecule has 3 nitrogen and oxygen atoms in total. The smallest absolute Gasteiger partial charge is 0.330 e. The number of aliphatic carboxylic acids is 1. The van der Waals surface area contributed by atoms with Gasteiger partial charge in [-0.15, -0.1) is 0 Å². The van der Waals surface area contributed by atoms with Crippen LogP contribution in [0.5, 0.6) is 0 Å². The molecule has 2 N–H and O–H groups in total. The average molecular weight is 243 g/mol. The van der Waals surface area contributed by atoms with E-state index in [0.29, 0.717) is 18.2 Å². The number of carbonyl (C=O) groups is 1. The van der Waals surface area contributed by atoms with Gasteiger partial charge in [0.2, 0.25) is 0 Å². The number of carboxylic acids is 1. The molecule has 0 amide bonds. The second kappa shape index (κ2) is 6.97. The molecule has 4 heteroatoms. The summed E-state index contributed by atoms with van der Waals surface area (Å²) in [6.07, 6.45) is 5.48. The number of hydrogen-bond acceptors (Lipinski definition) is 3. The molecule has 2 atom stereocenters. The molecule has 0 saturated heterocycles. The summed E-state index contributed by atoms with van der Waals surface area (Å²) in [5, 5.41) is 12.9. The molecule has 0 aromatic carbocycles. The zero-order valence-corrected chi connectivity index (χ0v) is 10.8. The van der Waals surface area contributed by atoms with E-state index in [4.69, 9.17) is 5.11 Å². The first-order valence-electron chi connectivity index (χ1n) is 5.88. The summed E-state index contributed by atoms with van der Waals surface area (Å²) in [6, 6.07) is 0.571. The Bertz CT molecular complexity index is 266. The quantitative estimate of drug-likeness (QED) is 0.703. The molecule has 92 valence electrons. The summed E-state index contributed by atoms with van der Waals surface area (Å²) in [6.45, 7) is 4.51. The molecule has 1 fully saturated rings. The van der Waals surface area contributed by atoms with Gasteiger partial charge in [-0.05, 0) is 31.9 Å². The number of thioether (sulfide) groups is 1. The van der Waals surface area contributed by atoms with E-state index in [-0.39, 0.29) is 0 Å². The number of carboxylic acid groups (broad SMARTS) is 1. The molecule has 1 aliphatic carbocycles. The van der Waals surface area contributed by atoms with E-state index in [2.05, 4.69) is 12.2 Å². The predicted octanol–water partition coefficient (Wildman–Crippen LogP) is 2.28. The van der Waals surface area contributed by atoms with Gasteiger partial charge in [-0.3, -0.25) is 0 Å². The van der Waals surface area contributed by atoms with Crippen molar-refractivity contribution in [1.82, 2.24) is 5.32 Å². The fourth-order valence-electron chi connectivity index (χ4n) is 1.98. The fraction of sp³-hybridized carbons (Fsp3) is 0.750. The molecule has 0 aliphatic heterocycles. The van der Waals surface area contributed by atoms with Gasteiger partial charge in [0, 0.05) is 23.4 Å². The number of rotatable bonds is 6. The van der Waals surface area contributed by atoms with Crippen LogP contribution < -0.4 is 5.32 Å². The average Bonchev–Trinajstić information content (AvgIpc) is 2.66. The highest BCUT2D eigenvalue weighted by molar-refractivity contribution is 7.99. The minimum absolute atomic E-state index is 0.421. The van der Waals surface area contributed by atoms with Crippen LogP contribution in [-0.4, -0.2) is 34.7 Å². The molecule has 2 unspecified atom stereocenters. The molecule has 0 radical (unpaired) electrons. The SMILES string of the molecule is CCSC1CCC(NC/C=C(/C)C(=O)O)C1. The molecule has 16 heavy (non-hydrogen) atoms. The van der Waals surface area contributed by atoms with Crippen LogP contribution in [0.25, 0.3) is 0 Å². The van der Waals surface area contributed by atoms with E-state index in [1.54, 1.807) is 13.0 Å². The van der Waals surface area contributed by atoms with Crippen molar-refractivity contribution in [3.05, 3.63) is 11.6 Å². The minimum Gasteiger partial charge on any atom is -0.478 e. The van der Waals surface area contributed by atoms with Crippen molar-refractivity contribution in [3.63, 3.8) is 0 Å². The van der Waals surface area contributed by atoms with Gasteiger partial charge in [-0.2, -0.15) is 11.8 Å². The van der Waals surface area contributed by atoms with Crippen LogP contribution in [0.3, 0.4) is 0 Å². The molecular weight excluding hydrogens is 222 g/mol. The summed E-state index contributed by atoms with van der Waals surface area (Å²) in [7, 11) is 0. The minimum atomic E-state index is -0.826. The predicted molar refractivity (Wildman–Crippen MR) is 69.0 cm³/mol. The highest BCUT2D eigenvalue weighted by Crippen LogP contribution is 2.29. The lowest BCUT2D eigenvalue weighted by molar-refractivity contribution is -0.132. The summed E-state index contributed by atoms with van der Waals surface area (Å²) in [5.41, 5.74) is 0.421. The molecule has 0 aromatic rings. The highest BCUT2D eigenvalue weighted by Gasteiger charge is 2.23.